The van der Waals surface area contributed by atoms with Gasteiger partial charge in [-0.3, -0.25) is 9.59 Å². The number of hydrogen-bond acceptors (Lipinski definition) is 4. The summed E-state index contributed by atoms with van der Waals surface area (Å²) in [6.45, 7) is 1.40. The van der Waals surface area contributed by atoms with Crippen LogP contribution in [-0.2, 0) is 14.3 Å². The Morgan fingerprint density at radius 3 is 2.71 bits per heavy atom. The highest BCUT2D eigenvalue weighted by atomic mass is 19.1. The van der Waals surface area contributed by atoms with Crippen LogP contribution in [0.1, 0.15) is 13.3 Å². The first-order chi connectivity index (χ1) is 9.88. The highest BCUT2D eigenvalue weighted by Crippen LogP contribution is 2.10. The summed E-state index contributed by atoms with van der Waals surface area (Å²) >= 11 is 0. The Morgan fingerprint density at radius 2 is 2.10 bits per heavy atom. The zero-order valence-corrected chi connectivity index (χ0v) is 11.4. The summed E-state index contributed by atoms with van der Waals surface area (Å²) in [7, 11) is 0. The molecule has 0 spiro atoms. The predicted molar refractivity (Wildman–Crippen MR) is 72.8 cm³/mol. The Bertz CT molecular complexity index is 536. The van der Waals surface area contributed by atoms with Gasteiger partial charge in [-0.1, -0.05) is 6.07 Å². The topological polar surface area (TPSA) is 111 Å². The van der Waals surface area contributed by atoms with E-state index in [2.05, 4.69) is 10.6 Å². The summed E-state index contributed by atoms with van der Waals surface area (Å²) < 4.78 is 17.8. The van der Waals surface area contributed by atoms with Crippen LogP contribution in [0, 0.1) is 5.82 Å². The van der Waals surface area contributed by atoms with Gasteiger partial charge in [-0.15, -0.1) is 0 Å². The van der Waals surface area contributed by atoms with Crippen molar-refractivity contribution in [3.8, 4) is 0 Å². The SMILES string of the molecule is C[C@H](OC(=O)CCNC(N)=O)C(=O)Nc1cccc(F)c1. The maximum absolute atomic E-state index is 13.0. The Balaban J connectivity index is 2.40. The molecule has 21 heavy (non-hydrogen) atoms. The van der Waals surface area contributed by atoms with E-state index in [0.29, 0.717) is 0 Å². The molecule has 0 saturated heterocycles. The lowest BCUT2D eigenvalue weighted by atomic mass is 10.3. The molecule has 0 aliphatic heterocycles. The first-order valence-corrected chi connectivity index (χ1v) is 6.17. The fraction of sp³-hybridized carbons (Fsp3) is 0.308. The van der Waals surface area contributed by atoms with Crippen molar-refractivity contribution < 1.29 is 23.5 Å². The molecule has 0 aromatic heterocycles. The molecule has 3 amide bonds. The molecule has 0 radical (unpaired) electrons. The van der Waals surface area contributed by atoms with Crippen LogP contribution < -0.4 is 16.4 Å². The molecule has 0 unspecified atom stereocenters. The summed E-state index contributed by atoms with van der Waals surface area (Å²) in [6, 6.07) is 4.58. The monoisotopic (exact) mass is 297 g/mol. The number of urea groups is 1. The van der Waals surface area contributed by atoms with Crippen LogP contribution in [0.3, 0.4) is 0 Å². The van der Waals surface area contributed by atoms with E-state index in [1.807, 2.05) is 0 Å². The summed E-state index contributed by atoms with van der Waals surface area (Å²) in [4.78, 5) is 33.5. The van der Waals surface area contributed by atoms with Gasteiger partial charge in [0.15, 0.2) is 6.10 Å². The normalized spacial score (nSPS) is 11.3. The Morgan fingerprint density at radius 1 is 1.38 bits per heavy atom. The van der Waals surface area contributed by atoms with Crippen molar-refractivity contribution in [2.45, 2.75) is 19.4 Å². The second-order valence-electron chi connectivity index (χ2n) is 4.17. The smallest absolute Gasteiger partial charge is 0.312 e. The molecule has 1 aromatic carbocycles. The van der Waals surface area contributed by atoms with E-state index in [9.17, 15) is 18.8 Å². The number of benzene rings is 1. The summed E-state index contributed by atoms with van der Waals surface area (Å²) in [5.74, 6) is -1.74. The van der Waals surface area contributed by atoms with E-state index in [0.717, 1.165) is 6.07 Å². The predicted octanol–water partition coefficient (Wildman–Crippen LogP) is 0.754. The molecule has 0 bridgehead atoms. The third-order valence-electron chi connectivity index (χ3n) is 2.40. The summed E-state index contributed by atoms with van der Waals surface area (Å²) in [5, 5.41) is 4.64. The van der Waals surface area contributed by atoms with Crippen molar-refractivity contribution in [1.29, 1.82) is 0 Å². The van der Waals surface area contributed by atoms with Gasteiger partial charge >= 0.3 is 12.0 Å². The number of nitrogens with one attached hydrogen (secondary N) is 2. The third kappa shape index (κ3) is 6.37. The van der Waals surface area contributed by atoms with Gasteiger partial charge in [-0.25, -0.2) is 9.18 Å². The van der Waals surface area contributed by atoms with Gasteiger partial charge < -0.3 is 21.1 Å². The number of nitrogens with two attached hydrogens (primary N) is 1. The van der Waals surface area contributed by atoms with E-state index < -0.39 is 29.8 Å². The molecule has 114 valence electrons. The van der Waals surface area contributed by atoms with Gasteiger partial charge in [0.05, 0.1) is 6.42 Å². The lowest BCUT2D eigenvalue weighted by Gasteiger charge is -2.13. The molecule has 0 heterocycles. The van der Waals surface area contributed by atoms with E-state index in [1.54, 1.807) is 0 Å². The molecule has 4 N–H and O–H groups in total. The number of rotatable bonds is 6. The number of halogens is 1. The third-order valence-corrected chi connectivity index (χ3v) is 2.40. The largest absolute Gasteiger partial charge is 0.452 e. The molecule has 1 atom stereocenters. The average molecular weight is 297 g/mol. The van der Waals surface area contributed by atoms with Crippen LogP contribution in [0.5, 0.6) is 0 Å². The maximum atomic E-state index is 13.0. The van der Waals surface area contributed by atoms with E-state index in [4.69, 9.17) is 10.5 Å². The molecule has 1 aromatic rings. The quantitative estimate of drug-likeness (QED) is 0.673. The first-order valence-electron chi connectivity index (χ1n) is 6.17. The van der Waals surface area contributed by atoms with Gasteiger partial charge in [0.2, 0.25) is 0 Å². The van der Waals surface area contributed by atoms with Gasteiger partial charge in [0.1, 0.15) is 5.82 Å². The highest BCUT2D eigenvalue weighted by Gasteiger charge is 2.17. The molecule has 1 rings (SSSR count). The fourth-order valence-corrected chi connectivity index (χ4v) is 1.41. The van der Waals surface area contributed by atoms with Crippen molar-refractivity contribution in [2.75, 3.05) is 11.9 Å². The molecule has 0 aliphatic rings. The van der Waals surface area contributed by atoms with E-state index >= 15 is 0 Å². The number of anilines is 1. The van der Waals surface area contributed by atoms with Crippen molar-refractivity contribution in [1.82, 2.24) is 5.32 Å². The summed E-state index contributed by atoms with van der Waals surface area (Å²) in [5.41, 5.74) is 5.09. The van der Waals surface area contributed by atoms with Crippen molar-refractivity contribution >= 4 is 23.6 Å². The number of amides is 3. The lowest BCUT2D eigenvalue weighted by Crippen LogP contribution is -2.33. The van der Waals surface area contributed by atoms with Crippen LogP contribution in [0.2, 0.25) is 0 Å². The number of carbonyl (C=O) groups is 3. The average Bonchev–Trinajstić information content (AvgIpc) is 2.38. The van der Waals surface area contributed by atoms with Crippen LogP contribution in [0.15, 0.2) is 24.3 Å². The molecule has 0 saturated carbocycles. The first kappa shape index (κ1) is 16.4. The van der Waals surface area contributed by atoms with Gasteiger partial charge in [0, 0.05) is 12.2 Å². The Hall–Kier alpha value is -2.64. The van der Waals surface area contributed by atoms with Crippen LogP contribution in [0.4, 0.5) is 14.9 Å². The van der Waals surface area contributed by atoms with Crippen LogP contribution >= 0.6 is 0 Å². The molecule has 0 fully saturated rings. The second-order valence-corrected chi connectivity index (χ2v) is 4.17. The standard InChI is InChI=1S/C13H16FN3O4/c1-8(21-11(18)5-6-16-13(15)20)12(19)17-10-4-2-3-9(14)7-10/h2-4,7-8H,5-6H2,1H3,(H,17,19)(H3,15,16,20)/t8-/m0/s1. The Kier molecular flexibility index (Phi) is 6.12. The number of ether oxygens (including phenoxy) is 1. The molecule has 0 aliphatic carbocycles. The zero-order valence-electron chi connectivity index (χ0n) is 11.4. The second kappa shape index (κ2) is 7.83. The minimum Gasteiger partial charge on any atom is -0.452 e. The maximum Gasteiger partial charge on any atom is 0.312 e. The minimum atomic E-state index is -1.05. The van der Waals surface area contributed by atoms with E-state index in [1.165, 1.54) is 25.1 Å². The van der Waals surface area contributed by atoms with Crippen molar-refractivity contribution in [3.05, 3.63) is 30.1 Å². The molecule has 8 heteroatoms. The fourth-order valence-electron chi connectivity index (χ4n) is 1.41. The van der Waals surface area contributed by atoms with E-state index in [-0.39, 0.29) is 18.7 Å². The van der Waals surface area contributed by atoms with Crippen LogP contribution in [0.25, 0.3) is 0 Å². The molecular weight excluding hydrogens is 281 g/mol. The Labute approximate surface area is 120 Å². The van der Waals surface area contributed by atoms with Crippen molar-refractivity contribution in [2.24, 2.45) is 5.73 Å². The summed E-state index contributed by atoms with van der Waals surface area (Å²) in [6.07, 6.45) is -1.16. The van der Waals surface area contributed by atoms with Crippen LogP contribution in [-0.4, -0.2) is 30.6 Å². The van der Waals surface area contributed by atoms with Gasteiger partial charge in [0.25, 0.3) is 5.91 Å². The number of hydrogen-bond donors (Lipinski definition) is 3. The number of carbonyl (C=O) groups excluding carboxylic acids is 3. The highest BCUT2D eigenvalue weighted by molar-refractivity contribution is 5.95. The minimum absolute atomic E-state index is 0.0202. The lowest BCUT2D eigenvalue weighted by molar-refractivity contribution is -0.153. The van der Waals surface area contributed by atoms with Gasteiger partial charge in [-0.2, -0.15) is 0 Å². The molecule has 7 nitrogen and oxygen atoms in total. The number of primary amides is 1. The molecular formula is C13H16FN3O4. The zero-order chi connectivity index (χ0) is 15.8. The van der Waals surface area contributed by atoms with Gasteiger partial charge in [-0.05, 0) is 25.1 Å². The van der Waals surface area contributed by atoms with Crippen molar-refractivity contribution in [3.63, 3.8) is 0 Å². The number of esters is 1.